The van der Waals surface area contributed by atoms with Crippen LogP contribution in [0.2, 0.25) is 0 Å². The number of benzene rings is 3. The van der Waals surface area contributed by atoms with Crippen LogP contribution >= 0.6 is 0 Å². The minimum atomic E-state index is 0.183. The van der Waals surface area contributed by atoms with Crippen LogP contribution in [0.4, 0.5) is 0 Å². The third-order valence-electron chi connectivity index (χ3n) is 6.68. The molecule has 0 unspecified atom stereocenters. The molecule has 0 atom stereocenters. The molecule has 36 heavy (non-hydrogen) atoms. The molecule has 6 nitrogen and oxygen atoms in total. The fourth-order valence-corrected chi connectivity index (χ4v) is 4.87. The second kappa shape index (κ2) is 7.66. The van der Waals surface area contributed by atoms with E-state index in [9.17, 15) is 10.5 Å². The molecule has 6 heteroatoms. The van der Waals surface area contributed by atoms with Gasteiger partial charge in [-0.15, -0.1) is 0 Å². The number of hydrogen-bond acceptors (Lipinski definition) is 6. The lowest BCUT2D eigenvalue weighted by Gasteiger charge is -2.06. The van der Waals surface area contributed by atoms with Crippen molar-refractivity contribution in [1.82, 2.24) is 0 Å². The van der Waals surface area contributed by atoms with E-state index >= 15 is 0 Å². The fraction of sp³-hybridized carbons (Fsp3) is 0.0667. The van der Waals surface area contributed by atoms with Crippen LogP contribution in [0.5, 0.6) is 23.0 Å². The van der Waals surface area contributed by atoms with Gasteiger partial charge < -0.3 is 18.9 Å². The van der Waals surface area contributed by atoms with Crippen LogP contribution in [-0.4, -0.2) is 13.6 Å². The summed E-state index contributed by atoms with van der Waals surface area (Å²) in [5, 5.41) is 27.1. The van der Waals surface area contributed by atoms with Crippen LogP contribution in [0, 0.1) is 22.7 Å². The molecule has 2 aliphatic rings. The van der Waals surface area contributed by atoms with Crippen molar-refractivity contribution < 1.29 is 18.9 Å². The Morgan fingerprint density at radius 2 is 0.806 bits per heavy atom. The highest BCUT2D eigenvalue weighted by molar-refractivity contribution is 6.04. The summed E-state index contributed by atoms with van der Waals surface area (Å²) >= 11 is 0. The van der Waals surface area contributed by atoms with E-state index in [0.717, 1.165) is 43.1 Å². The Hall–Kier alpha value is -5.20. The third kappa shape index (κ3) is 3.10. The monoisotopic (exact) mass is 468 g/mol. The molecular weight excluding hydrogens is 452 g/mol. The zero-order valence-corrected chi connectivity index (χ0v) is 18.9. The van der Waals surface area contributed by atoms with Gasteiger partial charge in [0.05, 0.1) is 23.3 Å². The lowest BCUT2D eigenvalue weighted by atomic mass is 9.97. The lowest BCUT2D eigenvalue weighted by molar-refractivity contribution is 0.173. The molecule has 5 aromatic rings. The number of nitriles is 2. The minimum absolute atomic E-state index is 0.183. The van der Waals surface area contributed by atoms with E-state index in [1.165, 1.54) is 0 Å². The minimum Gasteiger partial charge on any atom is -0.454 e. The van der Waals surface area contributed by atoms with Crippen LogP contribution in [0.1, 0.15) is 11.1 Å². The predicted octanol–water partition coefficient (Wildman–Crippen LogP) is 6.62. The summed E-state index contributed by atoms with van der Waals surface area (Å²) < 4.78 is 22.1. The highest BCUT2D eigenvalue weighted by atomic mass is 16.7. The first-order valence-corrected chi connectivity index (χ1v) is 11.4. The molecule has 0 aromatic heterocycles. The normalized spacial score (nSPS) is 13.1. The zero-order chi connectivity index (χ0) is 24.2. The molecule has 2 heterocycles. The standard InChI is InChI=1S/C30H16N2O4/c31-13-23-5-21-11-29-27(33-15-35-29)9-17(21)1-3-19-7-26-20(8-25(19)23)4-2-18-10-28-30(36-16-34-28)12-22(18)6-24(26)14-32/h1-12H,15-16H2. The molecule has 5 aromatic carbocycles. The summed E-state index contributed by atoms with van der Waals surface area (Å²) in [4.78, 5) is 0. The summed E-state index contributed by atoms with van der Waals surface area (Å²) in [5.74, 6) is 2.70. The van der Waals surface area contributed by atoms with Gasteiger partial charge in [0.15, 0.2) is 23.0 Å². The average molecular weight is 468 g/mol. The van der Waals surface area contributed by atoms with E-state index in [4.69, 9.17) is 18.9 Å². The zero-order valence-electron chi connectivity index (χ0n) is 18.9. The Morgan fingerprint density at radius 3 is 1.19 bits per heavy atom. The molecule has 0 saturated heterocycles. The Labute approximate surface area is 205 Å². The number of hydrogen-bond donors (Lipinski definition) is 0. The molecule has 0 amide bonds. The van der Waals surface area contributed by atoms with Gasteiger partial charge in [-0.25, -0.2) is 0 Å². The largest absolute Gasteiger partial charge is 0.454 e. The molecular formula is C30H16N2O4. The van der Waals surface area contributed by atoms with E-state index in [-0.39, 0.29) is 13.6 Å². The summed E-state index contributed by atoms with van der Waals surface area (Å²) in [6.45, 7) is 0.367. The molecule has 0 aliphatic carbocycles. The maximum Gasteiger partial charge on any atom is 0.231 e. The van der Waals surface area contributed by atoms with Crippen LogP contribution in [0.25, 0.3) is 43.1 Å². The van der Waals surface area contributed by atoms with Gasteiger partial charge in [0.2, 0.25) is 13.6 Å². The molecule has 0 spiro atoms. The molecule has 0 N–H and O–H groups in total. The molecule has 0 bridgehead atoms. The lowest BCUT2D eigenvalue weighted by Crippen LogP contribution is -1.92. The van der Waals surface area contributed by atoms with Gasteiger partial charge in [-0.2, -0.15) is 10.5 Å². The van der Waals surface area contributed by atoms with E-state index in [2.05, 4.69) is 12.1 Å². The van der Waals surface area contributed by atoms with E-state index < -0.39 is 0 Å². The third-order valence-corrected chi connectivity index (χ3v) is 6.68. The SMILES string of the molecule is N#Cc1cc2cc3c(cc2ccc2cc4c(C#N)cc5cc6c(cc5ccc4cc12)OCO6)OCO3. The van der Waals surface area contributed by atoms with Crippen molar-refractivity contribution in [2.24, 2.45) is 0 Å². The Balaban J connectivity index is 1.58. The highest BCUT2D eigenvalue weighted by Crippen LogP contribution is 2.38. The maximum absolute atomic E-state index is 10.1. The number of rotatable bonds is 0. The van der Waals surface area contributed by atoms with Gasteiger partial charge in [0.25, 0.3) is 0 Å². The summed E-state index contributed by atoms with van der Waals surface area (Å²) in [6.07, 6.45) is 0. The molecule has 2 aliphatic heterocycles. The Kier molecular flexibility index (Phi) is 4.30. The molecule has 7 rings (SSSR count). The van der Waals surface area contributed by atoms with Crippen molar-refractivity contribution in [2.75, 3.05) is 13.6 Å². The van der Waals surface area contributed by atoms with Crippen molar-refractivity contribution >= 4 is 43.1 Å². The average Bonchev–Trinajstić information content (AvgIpc) is 3.53. The Morgan fingerprint density at radius 1 is 0.444 bits per heavy atom. The van der Waals surface area contributed by atoms with Crippen molar-refractivity contribution in [2.45, 2.75) is 0 Å². The maximum atomic E-state index is 10.1. The first-order chi connectivity index (χ1) is 17.7. The number of nitrogens with zero attached hydrogens (tertiary/aromatic N) is 2. The van der Waals surface area contributed by atoms with Crippen LogP contribution in [0.3, 0.4) is 0 Å². The van der Waals surface area contributed by atoms with Gasteiger partial charge in [0, 0.05) is 10.8 Å². The van der Waals surface area contributed by atoms with E-state index in [1.807, 2.05) is 72.8 Å². The Bertz CT molecular complexity index is 1790. The molecule has 170 valence electrons. The van der Waals surface area contributed by atoms with Gasteiger partial charge in [-0.1, -0.05) is 24.3 Å². The van der Waals surface area contributed by atoms with Crippen molar-refractivity contribution in [1.29, 1.82) is 10.5 Å². The van der Waals surface area contributed by atoms with Gasteiger partial charge in [-0.05, 0) is 80.8 Å². The number of ether oxygens (including phenoxy) is 4. The van der Waals surface area contributed by atoms with Crippen molar-refractivity contribution in [3.63, 3.8) is 0 Å². The van der Waals surface area contributed by atoms with Crippen LogP contribution < -0.4 is 18.9 Å². The van der Waals surface area contributed by atoms with Crippen molar-refractivity contribution in [3.8, 4) is 35.1 Å². The number of fused-ring (bicyclic) bond motifs is 6. The summed E-state index contributed by atoms with van der Waals surface area (Å²) in [5.41, 5.74) is 1.05. The quantitative estimate of drug-likeness (QED) is 0.254. The first kappa shape index (κ1) is 20.2. The molecule has 0 radical (unpaired) electrons. The van der Waals surface area contributed by atoms with Crippen molar-refractivity contribution in [3.05, 3.63) is 83.9 Å². The second-order valence-electron chi connectivity index (χ2n) is 8.70. The molecule has 0 fully saturated rings. The fourth-order valence-electron chi connectivity index (χ4n) is 4.87. The summed E-state index contributed by atoms with van der Waals surface area (Å²) in [7, 11) is 0. The molecule has 0 saturated carbocycles. The highest BCUT2D eigenvalue weighted by Gasteiger charge is 2.16. The first-order valence-electron chi connectivity index (χ1n) is 11.4. The van der Waals surface area contributed by atoms with E-state index in [0.29, 0.717) is 34.1 Å². The predicted molar refractivity (Wildman–Crippen MR) is 136 cm³/mol. The van der Waals surface area contributed by atoms with Crippen LogP contribution in [0.15, 0.2) is 72.8 Å². The summed E-state index contributed by atoms with van der Waals surface area (Å²) in [6, 6.07) is 28.0. The van der Waals surface area contributed by atoms with E-state index in [1.54, 1.807) is 0 Å². The van der Waals surface area contributed by atoms with Gasteiger partial charge in [0.1, 0.15) is 0 Å². The van der Waals surface area contributed by atoms with Crippen LogP contribution in [-0.2, 0) is 0 Å². The second-order valence-corrected chi connectivity index (χ2v) is 8.70. The topological polar surface area (TPSA) is 84.5 Å². The smallest absolute Gasteiger partial charge is 0.231 e. The van der Waals surface area contributed by atoms with Gasteiger partial charge >= 0.3 is 0 Å². The van der Waals surface area contributed by atoms with Gasteiger partial charge in [-0.3, -0.25) is 0 Å².